The van der Waals surface area contributed by atoms with Gasteiger partial charge in [-0.1, -0.05) is 42.5 Å². The van der Waals surface area contributed by atoms with Crippen molar-refractivity contribution in [1.82, 2.24) is 9.47 Å². The molecule has 2 atom stereocenters. The number of nitrogens with zero attached hydrogens (tertiary/aromatic N) is 4. The third-order valence-electron chi connectivity index (χ3n) is 7.41. The van der Waals surface area contributed by atoms with Crippen LogP contribution in [0.5, 0.6) is 0 Å². The molecule has 0 amide bonds. The summed E-state index contributed by atoms with van der Waals surface area (Å²) in [6, 6.07) is 22.4. The largest absolute Gasteiger partial charge is 0.364 e. The molecule has 1 aromatic heterocycles. The summed E-state index contributed by atoms with van der Waals surface area (Å²) in [7, 11) is 1.69. The van der Waals surface area contributed by atoms with Crippen molar-refractivity contribution >= 4 is 16.6 Å². The van der Waals surface area contributed by atoms with E-state index >= 15 is 0 Å². The van der Waals surface area contributed by atoms with Crippen molar-refractivity contribution in [2.24, 2.45) is 7.05 Å². The van der Waals surface area contributed by atoms with Crippen LogP contribution in [-0.2, 0) is 7.05 Å². The van der Waals surface area contributed by atoms with Gasteiger partial charge in [0.15, 0.2) is 0 Å². The van der Waals surface area contributed by atoms with E-state index in [1.54, 1.807) is 31.3 Å². The maximum atomic E-state index is 13.8. The van der Waals surface area contributed by atoms with Gasteiger partial charge in [0.1, 0.15) is 23.3 Å². The van der Waals surface area contributed by atoms with Crippen molar-refractivity contribution in [2.45, 2.75) is 32.0 Å². The van der Waals surface area contributed by atoms with Gasteiger partial charge in [0.05, 0.1) is 17.2 Å². The molecule has 1 aliphatic rings. The topological polar surface area (TPSA) is 52.3 Å². The number of hydrogen-bond donors (Lipinski definition) is 0. The molecule has 5 nitrogen and oxygen atoms in total. The van der Waals surface area contributed by atoms with Crippen molar-refractivity contribution in [3.63, 3.8) is 0 Å². The van der Waals surface area contributed by atoms with Crippen LogP contribution in [0.25, 0.3) is 10.9 Å². The van der Waals surface area contributed by atoms with Gasteiger partial charge in [-0.15, -0.1) is 0 Å². The molecular weight excluding hydrogens is 470 g/mol. The number of aryl methyl sites for hydroxylation is 1. The van der Waals surface area contributed by atoms with Gasteiger partial charge in [-0.3, -0.25) is 9.69 Å². The number of piperazine rings is 1. The predicted molar refractivity (Wildman–Crippen MR) is 142 cm³/mol. The summed E-state index contributed by atoms with van der Waals surface area (Å²) in [5.41, 5.74) is 3.10. The van der Waals surface area contributed by atoms with Gasteiger partial charge in [0.25, 0.3) is 5.56 Å². The van der Waals surface area contributed by atoms with Gasteiger partial charge < -0.3 is 9.47 Å². The number of nitriles is 1. The Kier molecular flexibility index (Phi) is 6.53. The van der Waals surface area contributed by atoms with E-state index in [4.69, 9.17) is 0 Å². The van der Waals surface area contributed by atoms with Crippen LogP contribution < -0.4 is 10.5 Å². The highest BCUT2D eigenvalue weighted by atomic mass is 19.1. The standard InChI is InChI=1S/C30H28F2N4O/c1-19-18-36(29-25-6-4-5-7-27(25)34(3)30(37)26(29)16-33)20(2)17-35(19)28(21-8-12-23(31)13-9-21)22-10-14-24(32)15-11-22/h4-15,19-20,28H,17-18H2,1-3H3/t19-,20+/m0/s1. The Balaban J connectivity index is 1.58. The first-order valence-corrected chi connectivity index (χ1v) is 12.3. The minimum absolute atomic E-state index is 0.00525. The van der Waals surface area contributed by atoms with Crippen LogP contribution in [-0.4, -0.2) is 34.6 Å². The normalized spacial score (nSPS) is 18.4. The fourth-order valence-corrected chi connectivity index (χ4v) is 5.57. The number of pyridine rings is 1. The fraction of sp³-hybridized carbons (Fsp3) is 0.267. The van der Waals surface area contributed by atoms with Crippen LogP contribution >= 0.6 is 0 Å². The first-order chi connectivity index (χ1) is 17.8. The van der Waals surface area contributed by atoms with Gasteiger partial charge in [-0.25, -0.2) is 8.78 Å². The Morgan fingerprint density at radius 1 is 0.865 bits per heavy atom. The highest BCUT2D eigenvalue weighted by Gasteiger charge is 2.36. The van der Waals surface area contributed by atoms with E-state index in [-0.39, 0.29) is 40.9 Å². The minimum atomic E-state index is -0.311. The lowest BCUT2D eigenvalue weighted by atomic mass is 9.93. The molecular formula is C30H28F2N4O. The molecule has 0 N–H and O–H groups in total. The molecule has 5 rings (SSSR count). The number of fused-ring (bicyclic) bond motifs is 1. The van der Waals surface area contributed by atoms with Crippen LogP contribution in [0, 0.1) is 23.0 Å². The van der Waals surface area contributed by atoms with Crippen LogP contribution in [0.4, 0.5) is 14.5 Å². The number of aromatic nitrogens is 1. The molecule has 1 aliphatic heterocycles. The lowest BCUT2D eigenvalue weighted by molar-refractivity contribution is 0.130. The molecule has 0 unspecified atom stereocenters. The third-order valence-corrected chi connectivity index (χ3v) is 7.41. The Hall–Kier alpha value is -4.02. The number of hydrogen-bond acceptors (Lipinski definition) is 4. The zero-order valence-electron chi connectivity index (χ0n) is 21.0. The summed E-state index contributed by atoms with van der Waals surface area (Å²) < 4.78 is 29.1. The number of halogens is 2. The van der Waals surface area contributed by atoms with Crippen molar-refractivity contribution in [1.29, 1.82) is 5.26 Å². The van der Waals surface area contributed by atoms with Crippen LogP contribution in [0.15, 0.2) is 77.6 Å². The summed E-state index contributed by atoms with van der Waals surface area (Å²) >= 11 is 0. The van der Waals surface area contributed by atoms with Crippen LogP contribution in [0.1, 0.15) is 36.6 Å². The van der Waals surface area contributed by atoms with E-state index in [9.17, 15) is 18.8 Å². The second kappa shape index (κ2) is 9.79. The predicted octanol–water partition coefficient (Wildman–Crippen LogP) is 5.38. The molecule has 0 saturated carbocycles. The number of anilines is 1. The van der Waals surface area contributed by atoms with Gasteiger partial charge >= 0.3 is 0 Å². The molecule has 188 valence electrons. The third kappa shape index (κ3) is 4.38. The highest BCUT2D eigenvalue weighted by Crippen LogP contribution is 2.37. The second-order valence-electron chi connectivity index (χ2n) is 9.77. The summed E-state index contributed by atoms with van der Waals surface area (Å²) in [5.74, 6) is -0.621. The number of benzene rings is 3. The quantitative estimate of drug-likeness (QED) is 0.379. The van der Waals surface area contributed by atoms with Crippen molar-refractivity contribution in [3.8, 4) is 6.07 Å². The summed E-state index contributed by atoms with van der Waals surface area (Å²) in [6.45, 7) is 5.38. The van der Waals surface area contributed by atoms with E-state index in [1.165, 1.54) is 28.8 Å². The Morgan fingerprint density at radius 2 is 1.43 bits per heavy atom. The maximum Gasteiger partial charge on any atom is 0.270 e. The molecule has 3 aromatic carbocycles. The lowest BCUT2D eigenvalue weighted by Crippen LogP contribution is -2.58. The van der Waals surface area contributed by atoms with Gasteiger partial charge in [-0.2, -0.15) is 5.26 Å². The summed E-state index contributed by atoms with van der Waals surface area (Å²) in [5, 5.41) is 10.8. The zero-order chi connectivity index (χ0) is 26.3. The fourth-order valence-electron chi connectivity index (χ4n) is 5.57. The zero-order valence-corrected chi connectivity index (χ0v) is 21.0. The number of para-hydroxylation sites is 1. The van der Waals surface area contributed by atoms with Crippen LogP contribution in [0.2, 0.25) is 0 Å². The average Bonchev–Trinajstić information content (AvgIpc) is 2.90. The van der Waals surface area contributed by atoms with E-state index < -0.39 is 0 Å². The molecule has 2 heterocycles. The molecule has 4 aromatic rings. The van der Waals surface area contributed by atoms with E-state index in [0.29, 0.717) is 18.8 Å². The van der Waals surface area contributed by atoms with Gasteiger partial charge in [-0.05, 0) is 55.3 Å². The Bertz CT molecular complexity index is 1490. The average molecular weight is 499 g/mol. The van der Waals surface area contributed by atoms with Gasteiger partial charge in [0, 0.05) is 37.6 Å². The first kappa shape index (κ1) is 24.7. The Morgan fingerprint density at radius 3 is 2.00 bits per heavy atom. The first-order valence-electron chi connectivity index (χ1n) is 12.3. The van der Waals surface area contributed by atoms with E-state index in [0.717, 1.165) is 22.0 Å². The summed E-state index contributed by atoms with van der Waals surface area (Å²) in [4.78, 5) is 17.6. The van der Waals surface area contributed by atoms with Crippen molar-refractivity contribution in [2.75, 3.05) is 18.0 Å². The molecule has 1 fully saturated rings. The summed E-state index contributed by atoms with van der Waals surface area (Å²) in [6.07, 6.45) is 0. The van der Waals surface area contributed by atoms with E-state index in [1.807, 2.05) is 24.3 Å². The Labute approximate surface area is 214 Å². The lowest BCUT2D eigenvalue weighted by Gasteiger charge is -2.49. The van der Waals surface area contributed by atoms with Crippen molar-refractivity contribution in [3.05, 3.63) is 111 Å². The molecule has 1 saturated heterocycles. The van der Waals surface area contributed by atoms with Crippen LogP contribution in [0.3, 0.4) is 0 Å². The minimum Gasteiger partial charge on any atom is -0.364 e. The molecule has 37 heavy (non-hydrogen) atoms. The maximum absolute atomic E-state index is 13.8. The van der Waals surface area contributed by atoms with Crippen molar-refractivity contribution < 1.29 is 8.78 Å². The van der Waals surface area contributed by atoms with Gasteiger partial charge in [0.2, 0.25) is 0 Å². The SMILES string of the molecule is C[C@@H]1CN(C(c2ccc(F)cc2)c2ccc(F)cc2)[C@@H](C)CN1c1c(C#N)c(=O)n(C)c2ccccc12. The molecule has 7 heteroatoms. The molecule has 0 bridgehead atoms. The number of rotatable bonds is 4. The molecule has 0 aliphatic carbocycles. The monoisotopic (exact) mass is 498 g/mol. The molecule has 0 radical (unpaired) electrons. The smallest absolute Gasteiger partial charge is 0.270 e. The van der Waals surface area contributed by atoms with E-state index in [2.05, 4.69) is 29.7 Å². The second-order valence-corrected chi connectivity index (χ2v) is 9.77. The highest BCUT2D eigenvalue weighted by molar-refractivity contribution is 5.95. The molecule has 0 spiro atoms.